The van der Waals surface area contributed by atoms with E-state index in [1.807, 2.05) is 24.3 Å². The van der Waals surface area contributed by atoms with Gasteiger partial charge in [0.2, 0.25) is 0 Å². The Hall–Kier alpha value is -0.890. The van der Waals surface area contributed by atoms with Crippen LogP contribution in [-0.4, -0.2) is 6.29 Å². The van der Waals surface area contributed by atoms with Crippen molar-refractivity contribution < 1.29 is 4.79 Å². The minimum absolute atomic E-state index is 0.446. The van der Waals surface area contributed by atoms with Gasteiger partial charge in [-0.3, -0.25) is 0 Å². The second-order valence-corrected chi connectivity index (χ2v) is 3.74. The van der Waals surface area contributed by atoms with Crippen molar-refractivity contribution in [2.24, 2.45) is 0 Å². The second-order valence-electron chi connectivity index (χ2n) is 2.89. The molecule has 0 saturated heterocycles. The van der Waals surface area contributed by atoms with Crippen molar-refractivity contribution in [2.75, 3.05) is 0 Å². The fraction of sp³-hybridized carbons (Fsp3) is 0.182. The first-order valence-corrected chi connectivity index (χ1v) is 4.87. The molecule has 0 amide bonds. The number of rotatable bonds is 4. The molecule has 0 aliphatic rings. The largest absolute Gasteiger partial charge is 0.303 e. The Bertz CT molecular complexity index is 318. The molecule has 0 atom stereocenters. The Kier molecular flexibility index (Phi) is 3.90. The van der Waals surface area contributed by atoms with Crippen molar-refractivity contribution in [3.05, 3.63) is 46.5 Å². The average molecular weight is 239 g/mol. The Morgan fingerprint density at radius 2 is 2.15 bits per heavy atom. The summed E-state index contributed by atoms with van der Waals surface area (Å²) >= 11 is 3.45. The van der Waals surface area contributed by atoms with E-state index in [0.717, 1.165) is 22.8 Å². The Balaban J connectivity index is 2.68. The van der Waals surface area contributed by atoms with Gasteiger partial charge in [-0.05, 0) is 18.1 Å². The third-order valence-corrected chi connectivity index (χ3v) is 2.54. The van der Waals surface area contributed by atoms with Crippen LogP contribution in [0.15, 0.2) is 40.9 Å². The van der Waals surface area contributed by atoms with Crippen molar-refractivity contribution in [2.45, 2.75) is 12.8 Å². The summed E-state index contributed by atoms with van der Waals surface area (Å²) in [6, 6.07) is 7.97. The molecule has 0 aliphatic carbocycles. The maximum Gasteiger partial charge on any atom is 0.124 e. The Morgan fingerprint density at radius 1 is 1.46 bits per heavy atom. The van der Waals surface area contributed by atoms with E-state index in [1.54, 1.807) is 0 Å². The fourth-order valence-corrected chi connectivity index (χ4v) is 1.53. The summed E-state index contributed by atoms with van der Waals surface area (Å²) in [5.74, 6) is 0. The van der Waals surface area contributed by atoms with Gasteiger partial charge in [-0.2, -0.15) is 0 Å². The quantitative estimate of drug-likeness (QED) is 0.582. The van der Waals surface area contributed by atoms with Crippen LogP contribution in [0, 0.1) is 0 Å². The van der Waals surface area contributed by atoms with Gasteiger partial charge >= 0.3 is 0 Å². The van der Waals surface area contributed by atoms with E-state index in [0.29, 0.717) is 6.42 Å². The van der Waals surface area contributed by atoms with E-state index in [9.17, 15) is 4.79 Å². The van der Waals surface area contributed by atoms with Crippen molar-refractivity contribution >= 4 is 22.2 Å². The summed E-state index contributed by atoms with van der Waals surface area (Å²) < 4.78 is 1.07. The standard InChI is InChI=1S/C11H11BrO/c1-9(6-7-13)8-10-4-2-3-5-11(10)12/h2-5,7H,1,6,8H2. The number of allylic oxidation sites excluding steroid dienone is 1. The number of benzene rings is 1. The van der Waals surface area contributed by atoms with Crippen molar-refractivity contribution in [3.8, 4) is 0 Å². The number of hydrogen-bond acceptors (Lipinski definition) is 1. The van der Waals surface area contributed by atoms with Crippen LogP contribution in [0.25, 0.3) is 0 Å². The molecule has 0 saturated carbocycles. The van der Waals surface area contributed by atoms with E-state index in [2.05, 4.69) is 22.5 Å². The van der Waals surface area contributed by atoms with E-state index in [4.69, 9.17) is 0 Å². The molecular weight excluding hydrogens is 228 g/mol. The number of aldehydes is 1. The van der Waals surface area contributed by atoms with Gasteiger partial charge in [-0.15, -0.1) is 0 Å². The van der Waals surface area contributed by atoms with Crippen molar-refractivity contribution in [3.63, 3.8) is 0 Å². The smallest absolute Gasteiger partial charge is 0.124 e. The van der Waals surface area contributed by atoms with Gasteiger partial charge in [-0.25, -0.2) is 0 Å². The van der Waals surface area contributed by atoms with E-state index < -0.39 is 0 Å². The summed E-state index contributed by atoms with van der Waals surface area (Å²) in [4.78, 5) is 10.2. The highest BCUT2D eigenvalue weighted by Gasteiger charge is 2.00. The molecule has 0 spiro atoms. The SMILES string of the molecule is C=C(CC=O)Cc1ccccc1Br. The van der Waals surface area contributed by atoms with Gasteiger partial charge in [0.25, 0.3) is 0 Å². The molecule has 1 aromatic carbocycles. The maximum absolute atomic E-state index is 10.2. The number of hydrogen-bond donors (Lipinski definition) is 0. The average Bonchev–Trinajstić information content (AvgIpc) is 2.09. The summed E-state index contributed by atoms with van der Waals surface area (Å²) in [7, 11) is 0. The Labute approximate surface area is 86.6 Å². The highest BCUT2D eigenvalue weighted by molar-refractivity contribution is 9.10. The first-order valence-electron chi connectivity index (χ1n) is 4.07. The number of halogens is 1. The predicted molar refractivity (Wildman–Crippen MR) is 57.7 cm³/mol. The molecule has 1 nitrogen and oxygen atoms in total. The number of carbonyl (C=O) groups excluding carboxylic acids is 1. The molecule has 0 radical (unpaired) electrons. The molecule has 0 N–H and O–H groups in total. The monoisotopic (exact) mass is 238 g/mol. The zero-order chi connectivity index (χ0) is 9.68. The predicted octanol–water partition coefficient (Wildman–Crippen LogP) is 3.14. The van der Waals surface area contributed by atoms with Crippen molar-refractivity contribution in [1.29, 1.82) is 0 Å². The second kappa shape index (κ2) is 4.97. The minimum atomic E-state index is 0.446. The molecule has 0 aromatic heterocycles. The molecular formula is C11H11BrO. The van der Waals surface area contributed by atoms with Crippen molar-refractivity contribution in [1.82, 2.24) is 0 Å². The molecule has 0 unspecified atom stereocenters. The third-order valence-electron chi connectivity index (χ3n) is 1.77. The summed E-state index contributed by atoms with van der Waals surface area (Å²) in [5.41, 5.74) is 2.12. The Morgan fingerprint density at radius 3 is 2.77 bits per heavy atom. The lowest BCUT2D eigenvalue weighted by atomic mass is 10.1. The maximum atomic E-state index is 10.2. The molecule has 0 bridgehead atoms. The molecule has 68 valence electrons. The molecule has 2 heteroatoms. The van der Waals surface area contributed by atoms with Crippen LogP contribution in [0.5, 0.6) is 0 Å². The van der Waals surface area contributed by atoms with Crippen LogP contribution < -0.4 is 0 Å². The van der Waals surface area contributed by atoms with Crippen LogP contribution in [-0.2, 0) is 11.2 Å². The van der Waals surface area contributed by atoms with E-state index in [-0.39, 0.29) is 0 Å². The topological polar surface area (TPSA) is 17.1 Å². The van der Waals surface area contributed by atoms with Crippen LogP contribution in [0.3, 0.4) is 0 Å². The molecule has 1 rings (SSSR count). The lowest BCUT2D eigenvalue weighted by Gasteiger charge is -2.04. The highest BCUT2D eigenvalue weighted by Crippen LogP contribution is 2.19. The zero-order valence-corrected chi connectivity index (χ0v) is 8.88. The van der Waals surface area contributed by atoms with Crippen LogP contribution >= 0.6 is 15.9 Å². The molecule has 0 fully saturated rings. The molecule has 0 heterocycles. The van der Waals surface area contributed by atoms with Gasteiger partial charge in [0, 0.05) is 10.9 Å². The first-order chi connectivity index (χ1) is 6.24. The first kappa shape index (κ1) is 10.2. The summed E-state index contributed by atoms with van der Waals surface area (Å²) in [6.45, 7) is 3.83. The lowest BCUT2D eigenvalue weighted by molar-refractivity contribution is -0.107. The zero-order valence-electron chi connectivity index (χ0n) is 7.29. The van der Waals surface area contributed by atoms with Gasteiger partial charge < -0.3 is 4.79 Å². The van der Waals surface area contributed by atoms with Crippen LogP contribution in [0.2, 0.25) is 0 Å². The van der Waals surface area contributed by atoms with Gasteiger partial charge in [0.1, 0.15) is 6.29 Å². The molecule has 0 aliphatic heterocycles. The third kappa shape index (κ3) is 3.15. The van der Waals surface area contributed by atoms with E-state index in [1.165, 1.54) is 5.56 Å². The lowest BCUT2D eigenvalue weighted by Crippen LogP contribution is -1.91. The molecule has 1 aromatic rings. The van der Waals surface area contributed by atoms with Gasteiger partial charge in [0.05, 0.1) is 0 Å². The van der Waals surface area contributed by atoms with Crippen LogP contribution in [0.4, 0.5) is 0 Å². The molecule has 13 heavy (non-hydrogen) atoms. The minimum Gasteiger partial charge on any atom is -0.303 e. The van der Waals surface area contributed by atoms with E-state index >= 15 is 0 Å². The summed E-state index contributed by atoms with van der Waals surface area (Å²) in [6.07, 6.45) is 2.10. The van der Waals surface area contributed by atoms with Gasteiger partial charge in [0.15, 0.2) is 0 Å². The highest BCUT2D eigenvalue weighted by atomic mass is 79.9. The summed E-state index contributed by atoms with van der Waals surface area (Å²) in [5, 5.41) is 0. The van der Waals surface area contributed by atoms with Gasteiger partial charge in [-0.1, -0.05) is 46.3 Å². The normalized spacial score (nSPS) is 9.62. The number of carbonyl (C=O) groups is 1. The van der Waals surface area contributed by atoms with Crippen LogP contribution in [0.1, 0.15) is 12.0 Å². The fourth-order valence-electron chi connectivity index (χ4n) is 1.10.